The van der Waals surface area contributed by atoms with E-state index in [1.165, 1.54) is 11.0 Å². The number of nitrogens with one attached hydrogen (secondary N) is 2. The lowest BCUT2D eigenvalue weighted by atomic mass is 10.0. The molecule has 0 saturated carbocycles. The molecule has 3 aliphatic heterocycles. The Hall–Kier alpha value is -2.25. The molecular formula is C18H21N3O4. The maximum absolute atomic E-state index is 12.6. The number of carbonyl (C=O) groups is 3. The average molecular weight is 343 g/mol. The number of amides is 3. The van der Waals surface area contributed by atoms with Gasteiger partial charge in [0.25, 0.3) is 17.7 Å². The van der Waals surface area contributed by atoms with Gasteiger partial charge < -0.3 is 15.4 Å². The van der Waals surface area contributed by atoms with Crippen LogP contribution in [-0.2, 0) is 4.74 Å². The van der Waals surface area contributed by atoms with Gasteiger partial charge in [0.2, 0.25) is 0 Å². The maximum Gasteiger partial charge on any atom is 0.261 e. The van der Waals surface area contributed by atoms with E-state index in [-0.39, 0.29) is 36.4 Å². The Labute approximate surface area is 145 Å². The minimum atomic E-state index is -0.340. The predicted molar refractivity (Wildman–Crippen MR) is 89.5 cm³/mol. The van der Waals surface area contributed by atoms with Gasteiger partial charge in [0.15, 0.2) is 0 Å². The molecule has 7 nitrogen and oxygen atoms in total. The minimum absolute atomic E-state index is 0.0835. The van der Waals surface area contributed by atoms with Crippen molar-refractivity contribution in [3.63, 3.8) is 0 Å². The number of hydrogen-bond acceptors (Lipinski definition) is 5. The van der Waals surface area contributed by atoms with Crippen molar-refractivity contribution in [2.24, 2.45) is 0 Å². The number of imide groups is 1. The molecule has 2 atom stereocenters. The zero-order valence-electron chi connectivity index (χ0n) is 13.9. The summed E-state index contributed by atoms with van der Waals surface area (Å²) in [6.45, 7) is 2.60. The van der Waals surface area contributed by atoms with Gasteiger partial charge in [-0.2, -0.15) is 0 Å². The molecule has 0 aliphatic carbocycles. The van der Waals surface area contributed by atoms with E-state index in [0.29, 0.717) is 23.3 Å². The first-order valence-corrected chi connectivity index (χ1v) is 8.77. The van der Waals surface area contributed by atoms with E-state index in [0.717, 1.165) is 32.4 Å². The lowest BCUT2D eigenvalue weighted by Gasteiger charge is -2.17. The largest absolute Gasteiger partial charge is 0.376 e. The summed E-state index contributed by atoms with van der Waals surface area (Å²) in [5.41, 5.74) is 1.08. The third kappa shape index (κ3) is 3.05. The third-order valence-corrected chi connectivity index (χ3v) is 5.04. The van der Waals surface area contributed by atoms with Crippen LogP contribution in [0.25, 0.3) is 0 Å². The molecule has 0 aromatic heterocycles. The number of nitrogens with zero attached hydrogens (tertiary/aromatic N) is 1. The average Bonchev–Trinajstić information content (AvgIpc) is 3.35. The maximum atomic E-state index is 12.6. The van der Waals surface area contributed by atoms with Gasteiger partial charge >= 0.3 is 0 Å². The van der Waals surface area contributed by atoms with E-state index >= 15 is 0 Å². The number of fused-ring (bicyclic) bond motifs is 1. The first kappa shape index (κ1) is 16.2. The van der Waals surface area contributed by atoms with Crippen LogP contribution in [0, 0.1) is 0 Å². The van der Waals surface area contributed by atoms with Crippen molar-refractivity contribution in [1.82, 2.24) is 15.5 Å². The number of rotatable bonds is 4. The lowest BCUT2D eigenvalue weighted by Crippen LogP contribution is -2.36. The molecule has 2 fully saturated rings. The predicted octanol–water partition coefficient (Wildman–Crippen LogP) is 0.553. The second-order valence-corrected chi connectivity index (χ2v) is 6.78. The number of hydrogen-bond donors (Lipinski definition) is 2. The van der Waals surface area contributed by atoms with Crippen LogP contribution in [0.15, 0.2) is 18.2 Å². The molecule has 1 aromatic rings. The van der Waals surface area contributed by atoms with Crippen LogP contribution in [0.1, 0.15) is 50.3 Å². The van der Waals surface area contributed by atoms with E-state index in [9.17, 15) is 14.4 Å². The van der Waals surface area contributed by atoms with Crippen LogP contribution < -0.4 is 10.6 Å². The molecular weight excluding hydrogens is 322 g/mol. The summed E-state index contributed by atoms with van der Waals surface area (Å²) < 4.78 is 5.53. The normalized spacial score (nSPS) is 25.5. The SMILES string of the molecule is O=C(NC1CCNC1)c1ccc2c(c1)C(=O)N(CC1CCCO1)C2=O. The van der Waals surface area contributed by atoms with Crippen LogP contribution in [0.2, 0.25) is 0 Å². The molecule has 0 radical (unpaired) electrons. The van der Waals surface area contributed by atoms with Crippen LogP contribution in [0.4, 0.5) is 0 Å². The molecule has 0 spiro atoms. The number of carbonyl (C=O) groups excluding carboxylic acids is 3. The Kier molecular flexibility index (Phi) is 4.27. The van der Waals surface area contributed by atoms with Gasteiger partial charge in [0.05, 0.1) is 23.8 Å². The van der Waals surface area contributed by atoms with Crippen LogP contribution >= 0.6 is 0 Å². The smallest absolute Gasteiger partial charge is 0.261 e. The van der Waals surface area contributed by atoms with Crippen molar-refractivity contribution in [1.29, 1.82) is 0 Å². The zero-order chi connectivity index (χ0) is 17.4. The summed E-state index contributed by atoms with van der Waals surface area (Å²) in [5, 5.41) is 6.14. The minimum Gasteiger partial charge on any atom is -0.376 e. The lowest BCUT2D eigenvalue weighted by molar-refractivity contribution is 0.0475. The Balaban J connectivity index is 1.51. The van der Waals surface area contributed by atoms with Crippen molar-refractivity contribution in [3.8, 4) is 0 Å². The monoisotopic (exact) mass is 343 g/mol. The van der Waals surface area contributed by atoms with Crippen LogP contribution in [-0.4, -0.2) is 61.0 Å². The van der Waals surface area contributed by atoms with Crippen molar-refractivity contribution in [2.45, 2.75) is 31.4 Å². The Morgan fingerprint density at radius 3 is 2.80 bits per heavy atom. The van der Waals surface area contributed by atoms with Crippen molar-refractivity contribution in [2.75, 3.05) is 26.2 Å². The summed E-state index contributed by atoms with van der Waals surface area (Å²) in [5.74, 6) is -0.857. The summed E-state index contributed by atoms with van der Waals surface area (Å²) in [6.07, 6.45) is 2.62. The Morgan fingerprint density at radius 1 is 1.24 bits per heavy atom. The highest BCUT2D eigenvalue weighted by Crippen LogP contribution is 2.26. The molecule has 2 N–H and O–H groups in total. The molecule has 2 unspecified atom stereocenters. The van der Waals surface area contributed by atoms with E-state index < -0.39 is 0 Å². The van der Waals surface area contributed by atoms with Gasteiger partial charge in [0.1, 0.15) is 0 Å². The molecule has 7 heteroatoms. The van der Waals surface area contributed by atoms with Gasteiger partial charge in [-0.15, -0.1) is 0 Å². The summed E-state index contributed by atoms with van der Waals surface area (Å²) >= 11 is 0. The molecule has 3 aliphatic rings. The quantitative estimate of drug-likeness (QED) is 0.780. The van der Waals surface area contributed by atoms with Crippen LogP contribution in [0.3, 0.4) is 0 Å². The molecule has 2 saturated heterocycles. The van der Waals surface area contributed by atoms with Gasteiger partial charge in [-0.3, -0.25) is 19.3 Å². The molecule has 132 valence electrons. The highest BCUT2D eigenvalue weighted by molar-refractivity contribution is 6.22. The molecule has 0 bridgehead atoms. The molecule has 25 heavy (non-hydrogen) atoms. The third-order valence-electron chi connectivity index (χ3n) is 5.04. The van der Waals surface area contributed by atoms with Crippen molar-refractivity contribution < 1.29 is 19.1 Å². The fourth-order valence-electron chi connectivity index (χ4n) is 3.64. The molecule has 3 amide bonds. The van der Waals surface area contributed by atoms with Gasteiger partial charge in [0, 0.05) is 24.8 Å². The molecule has 4 rings (SSSR count). The van der Waals surface area contributed by atoms with E-state index in [4.69, 9.17) is 4.74 Å². The topological polar surface area (TPSA) is 87.7 Å². The molecule has 1 aromatic carbocycles. The van der Waals surface area contributed by atoms with Gasteiger partial charge in [-0.05, 0) is 44.0 Å². The standard InChI is InChI=1S/C18H21N3O4/c22-16(20-12-5-6-19-9-12)11-3-4-14-15(8-11)18(24)21(17(14)23)10-13-2-1-7-25-13/h3-4,8,12-13,19H,1-2,5-7,9-10H2,(H,20,22). The van der Waals surface area contributed by atoms with Crippen molar-refractivity contribution >= 4 is 17.7 Å². The number of ether oxygens (including phenoxy) is 1. The van der Waals surface area contributed by atoms with Gasteiger partial charge in [-0.1, -0.05) is 0 Å². The fraction of sp³-hybridized carbons (Fsp3) is 0.500. The highest BCUT2D eigenvalue weighted by Gasteiger charge is 2.38. The van der Waals surface area contributed by atoms with E-state index in [2.05, 4.69) is 10.6 Å². The summed E-state index contributed by atoms with van der Waals surface area (Å²) in [4.78, 5) is 38.7. The second kappa shape index (κ2) is 6.57. The summed E-state index contributed by atoms with van der Waals surface area (Å²) in [7, 11) is 0. The second-order valence-electron chi connectivity index (χ2n) is 6.78. The number of benzene rings is 1. The zero-order valence-corrected chi connectivity index (χ0v) is 13.9. The molecule has 3 heterocycles. The van der Waals surface area contributed by atoms with E-state index in [1.54, 1.807) is 12.1 Å². The van der Waals surface area contributed by atoms with E-state index in [1.807, 2.05) is 0 Å². The Morgan fingerprint density at radius 2 is 2.08 bits per heavy atom. The van der Waals surface area contributed by atoms with Crippen LogP contribution in [0.5, 0.6) is 0 Å². The summed E-state index contributed by atoms with van der Waals surface area (Å²) in [6, 6.07) is 4.82. The highest BCUT2D eigenvalue weighted by atomic mass is 16.5. The van der Waals surface area contributed by atoms with Crippen molar-refractivity contribution in [3.05, 3.63) is 34.9 Å². The first-order valence-electron chi connectivity index (χ1n) is 8.77. The first-order chi connectivity index (χ1) is 12.1. The van der Waals surface area contributed by atoms with Gasteiger partial charge in [-0.25, -0.2) is 0 Å². The Bertz CT molecular complexity index is 721. The fourth-order valence-corrected chi connectivity index (χ4v) is 3.64.